The van der Waals surface area contributed by atoms with Crippen LogP contribution in [0.25, 0.3) is 0 Å². The van der Waals surface area contributed by atoms with Crippen molar-refractivity contribution < 1.29 is 19.3 Å². The molecule has 1 N–H and O–H groups in total. The van der Waals surface area contributed by atoms with E-state index in [1.807, 2.05) is 18.2 Å². The van der Waals surface area contributed by atoms with Gasteiger partial charge in [0.15, 0.2) is 11.5 Å². The van der Waals surface area contributed by atoms with Gasteiger partial charge in [0.2, 0.25) is 0 Å². The Bertz CT molecular complexity index is 514. The van der Waals surface area contributed by atoms with Gasteiger partial charge in [0.25, 0.3) is 0 Å². The van der Waals surface area contributed by atoms with Gasteiger partial charge in [-0.15, -0.1) is 0 Å². The molecule has 5 heteroatoms. The zero-order chi connectivity index (χ0) is 18.8. The van der Waals surface area contributed by atoms with Gasteiger partial charge in [-0.1, -0.05) is 25.3 Å². The minimum atomic E-state index is -0.0353. The Hall–Kier alpha value is -1.30. The fourth-order valence-corrected chi connectivity index (χ4v) is 3.80. The second-order valence-electron chi connectivity index (χ2n) is 7.16. The van der Waals surface area contributed by atoms with Crippen molar-refractivity contribution in [1.29, 1.82) is 0 Å². The molecule has 0 unspecified atom stereocenters. The van der Waals surface area contributed by atoms with E-state index in [2.05, 4.69) is 4.90 Å². The average Bonchev–Trinajstić information content (AvgIpc) is 3.13. The zero-order valence-electron chi connectivity index (χ0n) is 16.6. The zero-order valence-corrected chi connectivity index (χ0v) is 16.6. The molecule has 2 fully saturated rings. The van der Waals surface area contributed by atoms with Crippen molar-refractivity contribution >= 4 is 0 Å². The number of rotatable bonds is 6. The van der Waals surface area contributed by atoms with E-state index >= 15 is 0 Å². The summed E-state index contributed by atoms with van der Waals surface area (Å²) < 4.78 is 15.3. The van der Waals surface area contributed by atoms with Gasteiger partial charge in [-0.25, -0.2) is 0 Å². The van der Waals surface area contributed by atoms with Crippen molar-refractivity contribution in [2.24, 2.45) is 0 Å². The molecule has 0 bridgehead atoms. The van der Waals surface area contributed by atoms with Gasteiger partial charge in [0.05, 0.1) is 26.9 Å². The van der Waals surface area contributed by atoms with Gasteiger partial charge in [0, 0.05) is 26.2 Å². The van der Waals surface area contributed by atoms with Crippen molar-refractivity contribution in [2.45, 2.75) is 57.1 Å². The number of β-amino-alcohol motifs (C(OH)–C–C–N with tert-alkyl or cyclic N) is 1. The Morgan fingerprint density at radius 1 is 1.00 bits per heavy atom. The smallest absolute Gasteiger partial charge is 0.160 e. The van der Waals surface area contributed by atoms with Gasteiger partial charge >= 0.3 is 0 Å². The third-order valence-corrected chi connectivity index (χ3v) is 5.33. The van der Waals surface area contributed by atoms with E-state index in [0.29, 0.717) is 0 Å². The maximum atomic E-state index is 9.39. The van der Waals surface area contributed by atoms with Crippen molar-refractivity contribution in [3.05, 3.63) is 23.8 Å². The lowest BCUT2D eigenvalue weighted by molar-refractivity contribution is 0.142. The van der Waals surface area contributed by atoms with Crippen molar-refractivity contribution in [3.8, 4) is 11.5 Å². The molecule has 1 aliphatic carbocycles. The first-order chi connectivity index (χ1) is 12.7. The third-order valence-electron chi connectivity index (χ3n) is 5.33. The molecule has 0 spiro atoms. The predicted octanol–water partition coefficient (Wildman–Crippen LogP) is 3.28. The summed E-state index contributed by atoms with van der Waals surface area (Å²) in [5.74, 6) is 1.52. The minimum absolute atomic E-state index is 0.0353. The van der Waals surface area contributed by atoms with E-state index in [1.165, 1.54) is 37.7 Å². The lowest BCUT2D eigenvalue weighted by Gasteiger charge is -2.30. The molecular weight excluding hydrogens is 330 g/mol. The van der Waals surface area contributed by atoms with E-state index in [4.69, 9.17) is 14.2 Å². The standard InChI is InChI=1S/C11H16O3.C10H19NO/c1-12-7-6-9-4-5-10(13-2)11(8-9)14-3;12-10-6-7-11(8-10)9-4-2-1-3-5-9/h4-5,8H,6-7H2,1-3H3;9-10,12H,1-8H2/t;10-/m.0/s1. The fraction of sp³-hybridized carbons (Fsp3) is 0.714. The fourth-order valence-electron chi connectivity index (χ4n) is 3.80. The maximum absolute atomic E-state index is 9.39. The highest BCUT2D eigenvalue weighted by molar-refractivity contribution is 5.42. The van der Waals surface area contributed by atoms with Gasteiger partial charge in [0.1, 0.15) is 0 Å². The molecule has 5 nitrogen and oxygen atoms in total. The normalized spacial score (nSPS) is 21.2. The monoisotopic (exact) mass is 365 g/mol. The van der Waals surface area contributed by atoms with Gasteiger partial charge in [-0.05, 0) is 43.4 Å². The van der Waals surface area contributed by atoms with Crippen molar-refractivity contribution in [2.75, 3.05) is 41.0 Å². The maximum Gasteiger partial charge on any atom is 0.160 e. The molecule has 2 aliphatic rings. The molecule has 1 aliphatic heterocycles. The van der Waals surface area contributed by atoms with E-state index in [9.17, 15) is 5.11 Å². The summed E-state index contributed by atoms with van der Waals surface area (Å²) in [4.78, 5) is 2.49. The van der Waals surface area contributed by atoms with Crippen LogP contribution in [0.2, 0.25) is 0 Å². The number of aliphatic hydroxyl groups excluding tert-OH is 1. The quantitative estimate of drug-likeness (QED) is 0.838. The highest BCUT2D eigenvalue weighted by atomic mass is 16.5. The molecule has 3 rings (SSSR count). The lowest BCUT2D eigenvalue weighted by Crippen LogP contribution is -2.35. The molecule has 1 atom stereocenters. The van der Waals surface area contributed by atoms with E-state index in [-0.39, 0.29) is 6.10 Å². The van der Waals surface area contributed by atoms with Crippen LogP contribution in [0.1, 0.15) is 44.1 Å². The SMILES string of the molecule is COCCc1ccc(OC)c(OC)c1.O[C@H]1CCN(C2CCCCC2)C1. The van der Waals surface area contributed by atoms with Crippen LogP contribution in [0.4, 0.5) is 0 Å². The van der Waals surface area contributed by atoms with E-state index in [0.717, 1.165) is 50.1 Å². The summed E-state index contributed by atoms with van der Waals surface area (Å²) in [6.45, 7) is 2.78. The predicted molar refractivity (Wildman–Crippen MR) is 104 cm³/mol. The number of benzene rings is 1. The second-order valence-corrected chi connectivity index (χ2v) is 7.16. The Morgan fingerprint density at radius 2 is 1.73 bits per heavy atom. The highest BCUT2D eigenvalue weighted by Crippen LogP contribution is 2.27. The summed E-state index contributed by atoms with van der Waals surface area (Å²) in [5, 5.41) is 9.39. The Kier molecular flexibility index (Phi) is 9.23. The van der Waals surface area contributed by atoms with E-state index < -0.39 is 0 Å². The first kappa shape index (κ1) is 21.0. The molecule has 1 aromatic rings. The molecule has 1 saturated carbocycles. The molecule has 26 heavy (non-hydrogen) atoms. The third kappa shape index (κ3) is 6.45. The number of ether oxygens (including phenoxy) is 3. The van der Waals surface area contributed by atoms with Crippen molar-refractivity contribution in [3.63, 3.8) is 0 Å². The summed E-state index contributed by atoms with van der Waals surface area (Å²) in [7, 11) is 4.96. The summed E-state index contributed by atoms with van der Waals surface area (Å²) >= 11 is 0. The number of nitrogens with zero attached hydrogens (tertiary/aromatic N) is 1. The highest BCUT2D eigenvalue weighted by Gasteiger charge is 2.27. The van der Waals surface area contributed by atoms with Crippen LogP contribution in [0.5, 0.6) is 11.5 Å². The van der Waals surface area contributed by atoms with Gasteiger partial charge < -0.3 is 19.3 Å². The van der Waals surface area contributed by atoms with E-state index in [1.54, 1.807) is 21.3 Å². The average molecular weight is 366 g/mol. The molecule has 1 saturated heterocycles. The Labute approximate surface area is 158 Å². The van der Waals surface area contributed by atoms with Crippen molar-refractivity contribution in [1.82, 2.24) is 4.90 Å². The Morgan fingerprint density at radius 3 is 2.31 bits per heavy atom. The Balaban J connectivity index is 0.000000189. The number of hydrogen-bond acceptors (Lipinski definition) is 5. The van der Waals surface area contributed by atoms with Gasteiger partial charge in [-0.3, -0.25) is 4.90 Å². The first-order valence-electron chi connectivity index (χ1n) is 9.80. The largest absolute Gasteiger partial charge is 0.493 e. The molecular formula is C21H35NO4. The van der Waals surface area contributed by atoms with Gasteiger partial charge in [-0.2, -0.15) is 0 Å². The number of aliphatic hydroxyl groups is 1. The van der Waals surface area contributed by atoms with Crippen LogP contribution in [0.3, 0.4) is 0 Å². The number of hydrogen-bond donors (Lipinski definition) is 1. The molecule has 0 radical (unpaired) electrons. The molecule has 0 amide bonds. The molecule has 1 aromatic carbocycles. The minimum Gasteiger partial charge on any atom is -0.493 e. The second kappa shape index (κ2) is 11.4. The van der Waals surface area contributed by atoms with Crippen LogP contribution in [-0.4, -0.2) is 63.2 Å². The van der Waals surface area contributed by atoms with Crippen LogP contribution in [-0.2, 0) is 11.2 Å². The topological polar surface area (TPSA) is 51.2 Å². The molecule has 0 aromatic heterocycles. The summed E-state index contributed by atoms with van der Waals surface area (Å²) in [6.07, 6.45) is 8.81. The lowest BCUT2D eigenvalue weighted by atomic mass is 9.94. The van der Waals surface area contributed by atoms with Crippen LogP contribution in [0, 0.1) is 0 Å². The van der Waals surface area contributed by atoms with Crippen LogP contribution < -0.4 is 9.47 Å². The van der Waals surface area contributed by atoms with Crippen LogP contribution >= 0.6 is 0 Å². The number of methoxy groups -OCH3 is 3. The number of likely N-dealkylation sites (tertiary alicyclic amines) is 1. The molecule has 148 valence electrons. The van der Waals surface area contributed by atoms with Crippen LogP contribution in [0.15, 0.2) is 18.2 Å². The summed E-state index contributed by atoms with van der Waals surface area (Å²) in [5.41, 5.74) is 1.18. The molecule has 1 heterocycles. The summed E-state index contributed by atoms with van der Waals surface area (Å²) in [6, 6.07) is 6.69. The first-order valence-corrected chi connectivity index (χ1v) is 9.80.